The van der Waals surface area contributed by atoms with Crippen LogP contribution in [-0.2, 0) is 21.4 Å². The van der Waals surface area contributed by atoms with Crippen molar-refractivity contribution in [3.8, 4) is 5.75 Å². The Balaban J connectivity index is 1.77. The summed E-state index contributed by atoms with van der Waals surface area (Å²) in [6, 6.07) is 10.0. The highest BCUT2D eigenvalue weighted by Gasteiger charge is 2.25. The maximum Gasteiger partial charge on any atom is 0.308 e. The smallest absolute Gasteiger partial charge is 0.308 e. The summed E-state index contributed by atoms with van der Waals surface area (Å²) in [7, 11) is -3.60. The third-order valence-electron chi connectivity index (χ3n) is 4.32. The molecule has 0 aliphatic carbocycles. The standard InChI is InChI=1S/C19H23NO6S/c1-2-27(22,23)26-16-7-3-6-15(12-16)13-20(14-17-8-4-10-24-17)19(21)18-9-5-11-25-18/h3,5-7,9,11-12,17H,2,4,8,10,13-14H2,1H3. The van der Waals surface area contributed by atoms with E-state index in [0.717, 1.165) is 18.4 Å². The van der Waals surface area contributed by atoms with E-state index < -0.39 is 10.1 Å². The van der Waals surface area contributed by atoms with Gasteiger partial charge in [-0.1, -0.05) is 12.1 Å². The van der Waals surface area contributed by atoms with Crippen molar-refractivity contribution in [2.75, 3.05) is 18.9 Å². The number of furan rings is 1. The van der Waals surface area contributed by atoms with Crippen LogP contribution in [0.4, 0.5) is 0 Å². The van der Waals surface area contributed by atoms with Crippen molar-refractivity contribution in [1.82, 2.24) is 4.90 Å². The molecule has 1 aliphatic heterocycles. The number of rotatable bonds is 8. The third kappa shape index (κ3) is 5.33. The van der Waals surface area contributed by atoms with Crippen molar-refractivity contribution in [2.45, 2.75) is 32.4 Å². The fourth-order valence-electron chi connectivity index (χ4n) is 2.93. The predicted molar refractivity (Wildman–Crippen MR) is 99.0 cm³/mol. The van der Waals surface area contributed by atoms with Gasteiger partial charge in [0.05, 0.1) is 18.1 Å². The summed E-state index contributed by atoms with van der Waals surface area (Å²) in [6.07, 6.45) is 3.33. The van der Waals surface area contributed by atoms with Crippen LogP contribution in [0, 0.1) is 0 Å². The highest BCUT2D eigenvalue weighted by atomic mass is 32.2. The number of hydrogen-bond donors (Lipinski definition) is 0. The van der Waals surface area contributed by atoms with Crippen LogP contribution < -0.4 is 4.18 Å². The molecule has 0 saturated carbocycles. The average molecular weight is 393 g/mol. The molecule has 1 amide bonds. The minimum absolute atomic E-state index is 0.0104. The molecule has 146 valence electrons. The van der Waals surface area contributed by atoms with Crippen molar-refractivity contribution >= 4 is 16.0 Å². The molecule has 7 nitrogen and oxygen atoms in total. The Bertz CT molecular complexity index is 856. The molecule has 1 aromatic carbocycles. The number of ether oxygens (including phenoxy) is 1. The second-order valence-corrected chi connectivity index (χ2v) is 8.23. The molecule has 0 bridgehead atoms. The molecule has 8 heteroatoms. The Kier molecular flexibility index (Phi) is 6.18. The van der Waals surface area contributed by atoms with Crippen LogP contribution in [0.2, 0.25) is 0 Å². The van der Waals surface area contributed by atoms with Crippen molar-refractivity contribution in [3.63, 3.8) is 0 Å². The first-order chi connectivity index (χ1) is 13.0. The first-order valence-corrected chi connectivity index (χ1v) is 10.5. The Labute approximate surface area is 159 Å². The van der Waals surface area contributed by atoms with Gasteiger partial charge in [-0.25, -0.2) is 0 Å². The topological polar surface area (TPSA) is 86.0 Å². The number of amides is 1. The fourth-order valence-corrected chi connectivity index (χ4v) is 3.45. The minimum atomic E-state index is -3.60. The van der Waals surface area contributed by atoms with Crippen LogP contribution in [0.3, 0.4) is 0 Å². The molecule has 1 saturated heterocycles. The van der Waals surface area contributed by atoms with E-state index in [9.17, 15) is 13.2 Å². The van der Waals surface area contributed by atoms with Gasteiger partial charge in [-0.15, -0.1) is 0 Å². The van der Waals surface area contributed by atoms with Gasteiger partial charge in [-0.2, -0.15) is 8.42 Å². The van der Waals surface area contributed by atoms with E-state index in [2.05, 4.69) is 0 Å². The Morgan fingerprint density at radius 2 is 2.15 bits per heavy atom. The molecule has 2 aromatic rings. The molecule has 27 heavy (non-hydrogen) atoms. The number of benzene rings is 1. The molecular weight excluding hydrogens is 370 g/mol. The van der Waals surface area contributed by atoms with Gasteiger partial charge in [-0.3, -0.25) is 4.79 Å². The molecule has 1 atom stereocenters. The van der Waals surface area contributed by atoms with E-state index in [-0.39, 0.29) is 29.3 Å². The second-order valence-electron chi connectivity index (χ2n) is 6.38. The zero-order valence-corrected chi connectivity index (χ0v) is 16.0. The molecular formula is C19H23NO6S. The van der Waals surface area contributed by atoms with Crippen molar-refractivity contribution < 1.29 is 26.5 Å². The lowest BCUT2D eigenvalue weighted by molar-refractivity contribution is 0.0484. The Morgan fingerprint density at radius 3 is 2.81 bits per heavy atom. The zero-order valence-electron chi connectivity index (χ0n) is 15.2. The molecule has 1 fully saturated rings. The quantitative estimate of drug-likeness (QED) is 0.641. The number of carbonyl (C=O) groups is 1. The van der Waals surface area contributed by atoms with E-state index in [0.29, 0.717) is 19.7 Å². The Morgan fingerprint density at radius 1 is 1.30 bits per heavy atom. The summed E-state index contributed by atoms with van der Waals surface area (Å²) < 4.78 is 39.3. The average Bonchev–Trinajstić information content (AvgIpc) is 3.34. The van der Waals surface area contributed by atoms with E-state index in [1.54, 1.807) is 35.2 Å². The lowest BCUT2D eigenvalue weighted by Gasteiger charge is -2.25. The summed E-state index contributed by atoms with van der Waals surface area (Å²) in [5.41, 5.74) is 0.761. The van der Waals surface area contributed by atoms with Gasteiger partial charge >= 0.3 is 10.1 Å². The molecule has 1 aliphatic rings. The van der Waals surface area contributed by atoms with Crippen LogP contribution in [0.1, 0.15) is 35.9 Å². The lowest BCUT2D eigenvalue weighted by Crippen LogP contribution is -2.36. The molecule has 2 heterocycles. The van der Waals surface area contributed by atoms with Gasteiger partial charge in [0.1, 0.15) is 5.75 Å². The number of carbonyl (C=O) groups excluding carboxylic acids is 1. The van der Waals surface area contributed by atoms with Gasteiger partial charge in [0.2, 0.25) is 0 Å². The maximum absolute atomic E-state index is 12.8. The van der Waals surface area contributed by atoms with Gasteiger partial charge in [-0.05, 0) is 49.6 Å². The first kappa shape index (κ1) is 19.4. The molecule has 0 N–H and O–H groups in total. The summed E-state index contributed by atoms with van der Waals surface area (Å²) >= 11 is 0. The molecule has 0 radical (unpaired) electrons. The van der Waals surface area contributed by atoms with Gasteiger partial charge in [0, 0.05) is 19.7 Å². The fraction of sp³-hybridized carbons (Fsp3) is 0.421. The van der Waals surface area contributed by atoms with E-state index in [1.807, 2.05) is 6.07 Å². The SMILES string of the molecule is CCS(=O)(=O)Oc1cccc(CN(CC2CCCO2)C(=O)c2ccco2)c1. The monoisotopic (exact) mass is 393 g/mol. The third-order valence-corrected chi connectivity index (χ3v) is 5.47. The summed E-state index contributed by atoms with van der Waals surface area (Å²) in [6.45, 7) is 2.96. The van der Waals surface area contributed by atoms with E-state index in [4.69, 9.17) is 13.3 Å². The normalized spacial score (nSPS) is 17.0. The van der Waals surface area contributed by atoms with Crippen LogP contribution >= 0.6 is 0 Å². The highest BCUT2D eigenvalue weighted by molar-refractivity contribution is 7.87. The molecule has 3 rings (SSSR count). The van der Waals surface area contributed by atoms with E-state index >= 15 is 0 Å². The van der Waals surface area contributed by atoms with Crippen molar-refractivity contribution in [2.24, 2.45) is 0 Å². The zero-order chi connectivity index (χ0) is 19.3. The second kappa shape index (κ2) is 8.58. The van der Waals surface area contributed by atoms with Crippen molar-refractivity contribution in [3.05, 3.63) is 54.0 Å². The van der Waals surface area contributed by atoms with Crippen LogP contribution in [0.15, 0.2) is 47.1 Å². The minimum Gasteiger partial charge on any atom is -0.459 e. The van der Waals surface area contributed by atoms with Gasteiger partial charge in [0.25, 0.3) is 5.91 Å². The van der Waals surface area contributed by atoms with Crippen LogP contribution in [0.5, 0.6) is 5.75 Å². The highest BCUT2D eigenvalue weighted by Crippen LogP contribution is 2.20. The van der Waals surface area contributed by atoms with Gasteiger partial charge in [0.15, 0.2) is 5.76 Å². The first-order valence-electron chi connectivity index (χ1n) is 8.92. The van der Waals surface area contributed by atoms with Crippen LogP contribution in [-0.4, -0.2) is 44.2 Å². The van der Waals surface area contributed by atoms with E-state index in [1.165, 1.54) is 13.2 Å². The molecule has 1 unspecified atom stereocenters. The lowest BCUT2D eigenvalue weighted by atomic mass is 10.1. The summed E-state index contributed by atoms with van der Waals surface area (Å²) in [5.74, 6) is 0.146. The number of hydrogen-bond acceptors (Lipinski definition) is 6. The molecule has 1 aromatic heterocycles. The van der Waals surface area contributed by atoms with Crippen molar-refractivity contribution in [1.29, 1.82) is 0 Å². The number of nitrogens with zero attached hydrogens (tertiary/aromatic N) is 1. The summed E-state index contributed by atoms with van der Waals surface area (Å²) in [5, 5.41) is 0. The van der Waals surface area contributed by atoms with Crippen LogP contribution in [0.25, 0.3) is 0 Å². The maximum atomic E-state index is 12.8. The van der Waals surface area contributed by atoms with Gasteiger partial charge < -0.3 is 18.2 Å². The largest absolute Gasteiger partial charge is 0.459 e. The molecule has 0 spiro atoms. The summed E-state index contributed by atoms with van der Waals surface area (Å²) in [4.78, 5) is 14.5. The predicted octanol–water partition coefficient (Wildman–Crippen LogP) is 2.83. The Hall–Kier alpha value is -2.32.